The molecule has 0 saturated heterocycles. The molecule has 1 aliphatic carbocycles. The molecular weight excluding hydrogens is 541 g/mol. The molecule has 0 spiro atoms. The SMILES string of the molecule is CCOc1cc(C(F)(F)F)ccc1C(=O)N[C@@H]1CCc2ccc(S(=O)(=O)Nc3nnc(C(C)C)s3)cc2C1. The van der Waals surface area contributed by atoms with E-state index >= 15 is 0 Å². The van der Waals surface area contributed by atoms with Crippen LogP contribution in [0.2, 0.25) is 0 Å². The Morgan fingerprint density at radius 3 is 2.58 bits per heavy atom. The van der Waals surface area contributed by atoms with E-state index in [1.807, 2.05) is 13.8 Å². The molecule has 1 heterocycles. The van der Waals surface area contributed by atoms with Crippen LogP contribution in [-0.4, -0.2) is 37.2 Å². The van der Waals surface area contributed by atoms with Gasteiger partial charge in [0.2, 0.25) is 5.13 Å². The maximum Gasteiger partial charge on any atom is 0.416 e. The number of rotatable bonds is 8. The van der Waals surface area contributed by atoms with Gasteiger partial charge in [0.05, 0.1) is 22.6 Å². The van der Waals surface area contributed by atoms with Crippen LogP contribution in [0.1, 0.15) is 65.2 Å². The van der Waals surface area contributed by atoms with Gasteiger partial charge in [0.25, 0.3) is 15.9 Å². The fourth-order valence-corrected chi connectivity index (χ4v) is 6.16. The number of hydrogen-bond acceptors (Lipinski definition) is 7. The summed E-state index contributed by atoms with van der Waals surface area (Å²) < 4.78 is 73.1. The Hall–Kier alpha value is -3.19. The van der Waals surface area contributed by atoms with Crippen molar-refractivity contribution >= 4 is 32.4 Å². The van der Waals surface area contributed by atoms with E-state index < -0.39 is 27.7 Å². The number of sulfonamides is 1. The van der Waals surface area contributed by atoms with Crippen molar-refractivity contribution in [1.82, 2.24) is 15.5 Å². The smallest absolute Gasteiger partial charge is 0.416 e. The van der Waals surface area contributed by atoms with Crippen LogP contribution in [0.5, 0.6) is 5.75 Å². The Kier molecular flexibility index (Phi) is 7.98. The molecule has 0 unspecified atom stereocenters. The molecule has 38 heavy (non-hydrogen) atoms. The molecule has 204 valence electrons. The molecule has 1 aromatic heterocycles. The number of halogens is 3. The van der Waals surface area contributed by atoms with Crippen LogP contribution in [0.25, 0.3) is 0 Å². The molecule has 1 atom stereocenters. The normalized spacial score (nSPS) is 15.7. The van der Waals surface area contributed by atoms with Crippen LogP contribution in [0.3, 0.4) is 0 Å². The first-order valence-corrected chi connectivity index (χ1v) is 14.3. The predicted octanol–water partition coefficient (Wildman–Crippen LogP) is 5.17. The number of benzene rings is 2. The average molecular weight is 569 g/mol. The first kappa shape index (κ1) is 27.8. The summed E-state index contributed by atoms with van der Waals surface area (Å²) in [6, 6.07) is 7.29. The first-order chi connectivity index (χ1) is 17.9. The minimum absolute atomic E-state index is 0.00370. The number of nitrogens with zero attached hydrogens (tertiary/aromatic N) is 2. The number of fused-ring (bicyclic) bond motifs is 1. The largest absolute Gasteiger partial charge is 0.493 e. The van der Waals surface area contributed by atoms with Gasteiger partial charge in [-0.25, -0.2) is 8.42 Å². The number of anilines is 1. The van der Waals surface area contributed by atoms with Crippen LogP contribution < -0.4 is 14.8 Å². The Labute approximate surface area is 222 Å². The first-order valence-electron chi connectivity index (χ1n) is 12.0. The van der Waals surface area contributed by atoms with Gasteiger partial charge in [-0.3, -0.25) is 9.52 Å². The van der Waals surface area contributed by atoms with Gasteiger partial charge in [-0.1, -0.05) is 31.3 Å². The molecule has 0 aliphatic heterocycles. The molecule has 1 amide bonds. The van der Waals surface area contributed by atoms with Crippen molar-refractivity contribution < 1.29 is 31.1 Å². The van der Waals surface area contributed by atoms with Crippen molar-refractivity contribution in [2.75, 3.05) is 11.3 Å². The second-order valence-corrected chi connectivity index (χ2v) is 11.9. The van der Waals surface area contributed by atoms with Gasteiger partial charge in [0.15, 0.2) is 0 Å². The van der Waals surface area contributed by atoms with Crippen LogP contribution in [0.4, 0.5) is 18.3 Å². The van der Waals surface area contributed by atoms with E-state index in [1.165, 1.54) is 17.4 Å². The number of carbonyl (C=O) groups excluding carboxylic acids is 1. The lowest BCUT2D eigenvalue weighted by Gasteiger charge is -2.26. The number of amides is 1. The summed E-state index contributed by atoms with van der Waals surface area (Å²) in [5, 5.41) is 11.7. The summed E-state index contributed by atoms with van der Waals surface area (Å²) in [4.78, 5) is 13.0. The van der Waals surface area contributed by atoms with Crippen molar-refractivity contribution in [1.29, 1.82) is 0 Å². The second-order valence-electron chi connectivity index (χ2n) is 9.19. The Balaban J connectivity index is 1.49. The second kappa shape index (κ2) is 10.9. The number of carbonyl (C=O) groups is 1. The molecular formula is C25H27F3N4O4S2. The zero-order chi connectivity index (χ0) is 27.7. The van der Waals surface area contributed by atoms with Crippen LogP contribution >= 0.6 is 11.3 Å². The quantitative estimate of drug-likeness (QED) is 0.388. The number of aryl methyl sites for hydroxylation is 1. The van der Waals surface area contributed by atoms with Crippen LogP contribution in [-0.2, 0) is 29.0 Å². The molecule has 4 rings (SSSR count). The topological polar surface area (TPSA) is 110 Å². The molecule has 2 N–H and O–H groups in total. The molecule has 2 aromatic carbocycles. The number of aromatic nitrogens is 2. The lowest BCUT2D eigenvalue weighted by Crippen LogP contribution is -2.39. The Morgan fingerprint density at radius 1 is 1.16 bits per heavy atom. The van der Waals surface area contributed by atoms with E-state index in [1.54, 1.807) is 19.1 Å². The van der Waals surface area contributed by atoms with Crippen molar-refractivity contribution in [3.63, 3.8) is 0 Å². The molecule has 0 fully saturated rings. The Bertz CT molecular complexity index is 1440. The standard InChI is InChI=1S/C25H27F3N4O4S2/c1-4-36-21-13-17(25(26,27)28)7-10-20(21)22(33)29-18-8-5-15-6-9-19(12-16(15)11-18)38(34,35)32-24-31-30-23(37-24)14(2)3/h6-7,9-10,12-14,18H,4-5,8,11H2,1-3H3,(H,29,33)(H,31,32)/t18-/m1/s1. The highest BCUT2D eigenvalue weighted by Crippen LogP contribution is 2.34. The van der Waals surface area contributed by atoms with E-state index in [2.05, 4.69) is 20.2 Å². The minimum Gasteiger partial charge on any atom is -0.493 e. The highest BCUT2D eigenvalue weighted by molar-refractivity contribution is 7.93. The van der Waals surface area contributed by atoms with E-state index in [0.717, 1.165) is 29.3 Å². The maximum absolute atomic E-state index is 13.1. The molecule has 3 aromatic rings. The Morgan fingerprint density at radius 2 is 1.92 bits per heavy atom. The summed E-state index contributed by atoms with van der Waals surface area (Å²) in [6.07, 6.45) is -3.00. The van der Waals surface area contributed by atoms with Crippen LogP contribution in [0, 0.1) is 0 Å². The van der Waals surface area contributed by atoms with Gasteiger partial charge in [0.1, 0.15) is 10.8 Å². The van der Waals surface area contributed by atoms with E-state index in [-0.39, 0.29) is 39.9 Å². The summed E-state index contributed by atoms with van der Waals surface area (Å²) in [5.41, 5.74) is 0.836. The average Bonchev–Trinajstić information content (AvgIpc) is 3.31. The predicted molar refractivity (Wildman–Crippen MR) is 137 cm³/mol. The van der Waals surface area contributed by atoms with Crippen molar-refractivity contribution in [3.05, 3.63) is 63.7 Å². The summed E-state index contributed by atoms with van der Waals surface area (Å²) >= 11 is 1.17. The highest BCUT2D eigenvalue weighted by atomic mass is 32.2. The minimum atomic E-state index is -4.56. The molecule has 8 nitrogen and oxygen atoms in total. The van der Waals surface area contributed by atoms with Crippen molar-refractivity contribution in [2.45, 2.75) is 63.1 Å². The third kappa shape index (κ3) is 6.26. The lowest BCUT2D eigenvalue weighted by atomic mass is 9.88. The number of nitrogens with one attached hydrogen (secondary N) is 2. The maximum atomic E-state index is 13.1. The summed E-state index contributed by atoms with van der Waals surface area (Å²) in [7, 11) is -3.91. The number of hydrogen-bond donors (Lipinski definition) is 2. The summed E-state index contributed by atoms with van der Waals surface area (Å²) in [5.74, 6) is -0.583. The van der Waals surface area contributed by atoms with Gasteiger partial charge in [-0.2, -0.15) is 13.2 Å². The molecule has 1 aliphatic rings. The summed E-state index contributed by atoms with van der Waals surface area (Å²) in [6.45, 7) is 5.59. The van der Waals surface area contributed by atoms with Crippen LogP contribution in [0.15, 0.2) is 41.3 Å². The fraction of sp³-hybridized carbons (Fsp3) is 0.400. The van der Waals surface area contributed by atoms with E-state index in [4.69, 9.17) is 4.74 Å². The van der Waals surface area contributed by atoms with Crippen molar-refractivity contribution in [3.8, 4) is 5.75 Å². The zero-order valence-corrected chi connectivity index (χ0v) is 22.6. The number of ether oxygens (including phenoxy) is 1. The highest BCUT2D eigenvalue weighted by Gasteiger charge is 2.32. The van der Waals surface area contributed by atoms with Gasteiger partial charge in [0, 0.05) is 12.0 Å². The lowest BCUT2D eigenvalue weighted by molar-refractivity contribution is -0.137. The van der Waals surface area contributed by atoms with Gasteiger partial charge >= 0.3 is 6.18 Å². The molecule has 13 heteroatoms. The van der Waals surface area contributed by atoms with Gasteiger partial charge < -0.3 is 10.1 Å². The molecule has 0 radical (unpaired) electrons. The van der Waals surface area contributed by atoms with E-state index in [0.29, 0.717) is 24.3 Å². The van der Waals surface area contributed by atoms with Gasteiger partial charge in [-0.15, -0.1) is 10.2 Å². The van der Waals surface area contributed by atoms with E-state index in [9.17, 15) is 26.4 Å². The van der Waals surface area contributed by atoms with Gasteiger partial charge in [-0.05, 0) is 67.6 Å². The monoisotopic (exact) mass is 568 g/mol. The number of alkyl halides is 3. The zero-order valence-electron chi connectivity index (χ0n) is 20.9. The third-order valence-electron chi connectivity index (χ3n) is 6.06. The molecule has 0 bridgehead atoms. The molecule has 0 saturated carbocycles. The van der Waals surface area contributed by atoms with Crippen molar-refractivity contribution in [2.24, 2.45) is 0 Å². The fourth-order valence-electron chi connectivity index (χ4n) is 4.13. The third-order valence-corrected chi connectivity index (χ3v) is 8.67.